The molecule has 4 nitrogen and oxygen atoms in total. The van der Waals surface area contributed by atoms with Crippen LogP contribution in [0.25, 0.3) is 72.4 Å². The number of rotatable bonds is 6. The molecule has 0 N–H and O–H groups in total. The minimum Gasteiger partial charge on any atom is -0.501 e. The molecule has 3 aromatic heterocycles. The molecule has 0 atom stereocenters. The van der Waals surface area contributed by atoms with Crippen LogP contribution >= 0.6 is 0 Å². The van der Waals surface area contributed by atoms with Crippen molar-refractivity contribution < 1.29 is 27.3 Å². The normalized spacial score (nSPS) is 13.0. The van der Waals surface area contributed by atoms with Crippen LogP contribution in [0.5, 0.6) is 0 Å². The van der Waals surface area contributed by atoms with Gasteiger partial charge in [-0.2, -0.15) is 0 Å². The first-order chi connectivity index (χ1) is 30.9. The predicted molar refractivity (Wildman–Crippen MR) is 275 cm³/mol. The quantitative estimate of drug-likeness (QED) is 0.123. The van der Waals surface area contributed by atoms with Crippen LogP contribution < -0.4 is 5.19 Å². The maximum Gasteiger partial charge on any atom is 0.121 e. The second-order valence-electron chi connectivity index (χ2n) is 21.3. The van der Waals surface area contributed by atoms with Crippen LogP contribution in [0.4, 0.5) is 0 Å². The number of fused-ring (bicyclic) bond motifs is 4. The standard InChI is InChI=1S/C36H29N2O.C23H34NSi.Ir/c1-23-17-19-26-27-13-10-14-28(34(27)39-33(26)21-23)35-37-30-15-8-9-16-32(30)38(35)31-20-18-25(36(2,3)4)22-29(31)24-11-6-5-7-12-24;1-22(2,3)15-18-14-20(24-16-21(18)25(7,8)9)17-11-10-12-19(13-17)23(4,5)6;/h5-13,15-22H,1-4H3;10,12-14,16H,15H2,1-9H3;/q2*-1;/i;15D2;. The molecule has 0 amide bonds. The van der Waals surface area contributed by atoms with Crippen LogP contribution in [-0.4, -0.2) is 22.6 Å². The Morgan fingerprint density at radius 2 is 1.38 bits per heavy atom. The first-order valence-corrected chi connectivity index (χ1v) is 26.0. The summed E-state index contributed by atoms with van der Waals surface area (Å²) >= 11 is 0. The number of benzene rings is 6. The van der Waals surface area contributed by atoms with E-state index in [2.05, 4.69) is 188 Å². The summed E-state index contributed by atoms with van der Waals surface area (Å²) in [7, 11) is -1.74. The summed E-state index contributed by atoms with van der Waals surface area (Å²) in [5.74, 6) is 0.818. The molecule has 0 fully saturated rings. The van der Waals surface area contributed by atoms with Crippen molar-refractivity contribution in [3.8, 4) is 39.5 Å². The van der Waals surface area contributed by atoms with Crippen molar-refractivity contribution >= 4 is 46.2 Å². The number of aryl methyl sites for hydroxylation is 1. The Hall–Kier alpha value is -5.39. The first-order valence-electron chi connectivity index (χ1n) is 23.5. The first kappa shape index (κ1) is 44.8. The predicted octanol–water partition coefficient (Wildman–Crippen LogP) is 15.6. The summed E-state index contributed by atoms with van der Waals surface area (Å²) < 4.78 is 26.6. The van der Waals surface area contributed by atoms with Crippen molar-refractivity contribution in [3.05, 3.63) is 168 Å². The average molecular weight is 1050 g/mol. The summed E-state index contributed by atoms with van der Waals surface area (Å²) in [6.07, 6.45) is 0.472. The van der Waals surface area contributed by atoms with Gasteiger partial charge in [-0.3, -0.25) is 4.98 Å². The Bertz CT molecular complexity index is 3230. The Kier molecular flexibility index (Phi) is 12.5. The third-order valence-electron chi connectivity index (χ3n) is 11.7. The van der Waals surface area contributed by atoms with E-state index in [1.807, 2.05) is 51.2 Å². The second-order valence-corrected chi connectivity index (χ2v) is 26.3. The van der Waals surface area contributed by atoms with Gasteiger partial charge in [-0.1, -0.05) is 165 Å². The third kappa shape index (κ3) is 10.2. The topological polar surface area (TPSA) is 43.9 Å². The van der Waals surface area contributed by atoms with Crippen molar-refractivity contribution in [2.24, 2.45) is 5.41 Å². The molecular formula is C59H63IrN3OSi-2. The zero-order valence-electron chi connectivity index (χ0n) is 42.3. The Labute approximate surface area is 404 Å². The number of nitrogens with zero attached hydrogens (tertiary/aromatic N) is 3. The fourth-order valence-electron chi connectivity index (χ4n) is 8.29. The molecule has 0 spiro atoms. The maximum atomic E-state index is 8.89. The van der Waals surface area contributed by atoms with Crippen LogP contribution in [-0.2, 0) is 37.3 Å². The zero-order valence-corrected chi connectivity index (χ0v) is 43.7. The van der Waals surface area contributed by atoms with Gasteiger partial charge in [0.05, 0.1) is 30.5 Å². The van der Waals surface area contributed by atoms with Crippen LogP contribution in [0.1, 0.15) is 87.3 Å². The molecule has 0 saturated carbocycles. The number of pyridine rings is 1. The minimum absolute atomic E-state index is 0. The number of furan rings is 1. The fourth-order valence-corrected chi connectivity index (χ4v) is 9.68. The number of imidazole rings is 1. The van der Waals surface area contributed by atoms with Gasteiger partial charge in [0, 0.05) is 45.7 Å². The number of aromatic nitrogens is 3. The number of hydrogen-bond acceptors (Lipinski definition) is 3. The van der Waals surface area contributed by atoms with Gasteiger partial charge in [0.25, 0.3) is 0 Å². The smallest absolute Gasteiger partial charge is 0.121 e. The van der Waals surface area contributed by atoms with Gasteiger partial charge < -0.3 is 14.0 Å². The molecule has 0 bridgehead atoms. The van der Waals surface area contributed by atoms with Crippen molar-refractivity contribution in [3.63, 3.8) is 0 Å². The van der Waals surface area contributed by atoms with Crippen molar-refractivity contribution in [2.75, 3.05) is 0 Å². The summed E-state index contributed by atoms with van der Waals surface area (Å²) in [6.45, 7) is 28.1. The summed E-state index contributed by atoms with van der Waals surface area (Å²) in [6, 6.07) is 51.1. The third-order valence-corrected chi connectivity index (χ3v) is 13.7. The van der Waals surface area contributed by atoms with E-state index in [4.69, 9.17) is 17.1 Å². The van der Waals surface area contributed by atoms with Gasteiger partial charge in [0.2, 0.25) is 0 Å². The molecule has 6 aromatic carbocycles. The number of para-hydroxylation sites is 2. The molecular weight excluding hydrogens is 987 g/mol. The molecule has 0 aliphatic heterocycles. The van der Waals surface area contributed by atoms with Gasteiger partial charge >= 0.3 is 0 Å². The maximum absolute atomic E-state index is 8.89. The fraction of sp³-hybridized carbons (Fsp3) is 0.288. The van der Waals surface area contributed by atoms with E-state index in [1.54, 1.807) is 0 Å². The monoisotopic (exact) mass is 1050 g/mol. The Morgan fingerprint density at radius 1 is 0.708 bits per heavy atom. The molecule has 1 radical (unpaired) electrons. The van der Waals surface area contributed by atoms with Crippen molar-refractivity contribution in [1.29, 1.82) is 0 Å². The van der Waals surface area contributed by atoms with Gasteiger partial charge in [-0.25, -0.2) is 0 Å². The van der Waals surface area contributed by atoms with E-state index < -0.39 is 19.9 Å². The van der Waals surface area contributed by atoms with E-state index in [0.29, 0.717) is 0 Å². The average Bonchev–Trinajstić information content (AvgIpc) is 3.83. The molecule has 9 rings (SSSR count). The number of hydrogen-bond donors (Lipinski definition) is 0. The van der Waals surface area contributed by atoms with Crippen molar-refractivity contribution in [2.45, 2.75) is 106 Å². The summed E-state index contributed by atoms with van der Waals surface area (Å²) in [5, 5.41) is 3.27. The molecule has 0 aliphatic rings. The van der Waals surface area contributed by atoms with Crippen LogP contribution in [0, 0.1) is 24.5 Å². The van der Waals surface area contributed by atoms with E-state index >= 15 is 0 Å². The zero-order chi connectivity index (χ0) is 47.6. The summed E-state index contributed by atoms with van der Waals surface area (Å²) in [5.41, 5.74) is 13.7. The molecule has 3 heterocycles. The van der Waals surface area contributed by atoms with Crippen LogP contribution in [0.15, 0.2) is 138 Å². The molecule has 6 heteroatoms. The van der Waals surface area contributed by atoms with Crippen molar-refractivity contribution in [1.82, 2.24) is 14.5 Å². The molecule has 0 aliphatic carbocycles. The Morgan fingerprint density at radius 3 is 2.08 bits per heavy atom. The van der Waals surface area contributed by atoms with E-state index in [1.165, 1.54) is 27.8 Å². The van der Waals surface area contributed by atoms with E-state index in [9.17, 15) is 0 Å². The van der Waals surface area contributed by atoms with E-state index in [0.717, 1.165) is 72.1 Å². The van der Waals surface area contributed by atoms with E-state index in [-0.39, 0.29) is 30.9 Å². The SMILES string of the molecule is Cc1ccc2c(c1)oc1c(-c3nc4ccccc4n3-c3ccc(C(C)(C)C)cc3-c3ccccc3)[c-]ccc12.[2H]C([2H])(c1cc(-c2[c-]ccc(C(C)(C)C)c2)ncc1[Si](C)(C)C)C(C)(C)C.[Ir]. The molecule has 335 valence electrons. The van der Waals surface area contributed by atoms with Gasteiger partial charge in [0.15, 0.2) is 0 Å². The Balaban J connectivity index is 0.000000211. The molecule has 65 heavy (non-hydrogen) atoms. The molecule has 0 saturated heterocycles. The van der Waals surface area contributed by atoms with Gasteiger partial charge in [-0.15, -0.1) is 53.6 Å². The van der Waals surface area contributed by atoms with Gasteiger partial charge in [-0.05, 0) is 87.4 Å². The minimum atomic E-state index is -1.74. The second kappa shape index (κ2) is 18.1. The van der Waals surface area contributed by atoms with Gasteiger partial charge in [0.1, 0.15) is 5.58 Å². The molecule has 9 aromatic rings. The van der Waals surface area contributed by atoms with Crippen LogP contribution in [0.2, 0.25) is 19.6 Å². The van der Waals surface area contributed by atoms with Crippen LogP contribution in [0.3, 0.4) is 0 Å². The summed E-state index contributed by atoms with van der Waals surface area (Å²) in [4.78, 5) is 9.91. The largest absolute Gasteiger partial charge is 0.501 e. The molecule has 0 unspecified atom stereocenters.